The Morgan fingerprint density at radius 3 is 2.33 bits per heavy atom. The molecule has 0 aliphatic heterocycles. The fraction of sp³-hybridized carbons (Fsp3) is 0.588. The Kier molecular flexibility index (Phi) is 7.83. The number of hydrogen-bond donors (Lipinski definition) is 2. The zero-order chi connectivity index (χ0) is 15.7. The molecular formula is C17H28N2O2. The standard InChI is InChI=1S/C17H28N2O2/c1-13(2)18-11-5-6-17(20)21-12-15-7-9-16(10-8-15)19-14(3)4/h7-10,13-14,18-19H,5-6,11-12H2,1-4H3. The lowest BCUT2D eigenvalue weighted by Crippen LogP contribution is -2.24. The molecule has 0 fully saturated rings. The van der Waals surface area contributed by atoms with Gasteiger partial charge in [0.1, 0.15) is 6.61 Å². The van der Waals surface area contributed by atoms with Crippen molar-refractivity contribution in [2.45, 2.75) is 59.2 Å². The highest BCUT2D eigenvalue weighted by Gasteiger charge is 2.04. The van der Waals surface area contributed by atoms with Crippen molar-refractivity contribution in [2.75, 3.05) is 11.9 Å². The van der Waals surface area contributed by atoms with Crippen LogP contribution in [0.15, 0.2) is 24.3 Å². The fourth-order valence-corrected chi connectivity index (χ4v) is 1.89. The van der Waals surface area contributed by atoms with Crippen LogP contribution in [0, 0.1) is 0 Å². The summed E-state index contributed by atoms with van der Waals surface area (Å²) in [6.07, 6.45) is 1.28. The van der Waals surface area contributed by atoms with E-state index in [1.54, 1.807) is 0 Å². The van der Waals surface area contributed by atoms with Crippen molar-refractivity contribution in [1.82, 2.24) is 5.32 Å². The fourth-order valence-electron chi connectivity index (χ4n) is 1.89. The molecule has 0 radical (unpaired) electrons. The minimum atomic E-state index is -0.134. The van der Waals surface area contributed by atoms with E-state index in [0.29, 0.717) is 25.1 Å². The minimum Gasteiger partial charge on any atom is -0.461 e. The largest absolute Gasteiger partial charge is 0.461 e. The summed E-state index contributed by atoms with van der Waals surface area (Å²) in [6.45, 7) is 9.58. The Hall–Kier alpha value is -1.55. The lowest BCUT2D eigenvalue weighted by atomic mass is 10.2. The molecule has 0 aliphatic carbocycles. The van der Waals surface area contributed by atoms with Crippen LogP contribution in [-0.2, 0) is 16.1 Å². The van der Waals surface area contributed by atoms with E-state index in [9.17, 15) is 4.79 Å². The van der Waals surface area contributed by atoms with Gasteiger partial charge in [-0.2, -0.15) is 0 Å². The molecule has 0 bridgehead atoms. The molecule has 0 aliphatic rings. The van der Waals surface area contributed by atoms with Crippen LogP contribution in [-0.4, -0.2) is 24.6 Å². The van der Waals surface area contributed by atoms with Crippen LogP contribution in [0.3, 0.4) is 0 Å². The van der Waals surface area contributed by atoms with Gasteiger partial charge in [-0.25, -0.2) is 0 Å². The van der Waals surface area contributed by atoms with E-state index in [1.165, 1.54) is 0 Å². The van der Waals surface area contributed by atoms with Gasteiger partial charge in [-0.3, -0.25) is 4.79 Å². The van der Waals surface area contributed by atoms with Crippen LogP contribution < -0.4 is 10.6 Å². The maximum atomic E-state index is 11.6. The molecule has 0 unspecified atom stereocenters. The third-order valence-electron chi connectivity index (χ3n) is 2.92. The summed E-state index contributed by atoms with van der Waals surface area (Å²) >= 11 is 0. The van der Waals surface area contributed by atoms with Gasteiger partial charge >= 0.3 is 5.97 Å². The molecule has 2 N–H and O–H groups in total. The molecule has 0 saturated heterocycles. The van der Waals surface area contributed by atoms with Crippen molar-refractivity contribution in [3.63, 3.8) is 0 Å². The van der Waals surface area contributed by atoms with Gasteiger partial charge in [0.05, 0.1) is 0 Å². The van der Waals surface area contributed by atoms with E-state index in [-0.39, 0.29) is 5.97 Å². The van der Waals surface area contributed by atoms with E-state index in [0.717, 1.165) is 24.2 Å². The number of benzene rings is 1. The van der Waals surface area contributed by atoms with E-state index >= 15 is 0 Å². The number of esters is 1. The van der Waals surface area contributed by atoms with Gasteiger partial charge in [-0.05, 0) is 44.5 Å². The van der Waals surface area contributed by atoms with E-state index in [1.807, 2.05) is 24.3 Å². The molecule has 0 amide bonds. The smallest absolute Gasteiger partial charge is 0.306 e. The zero-order valence-corrected chi connectivity index (χ0v) is 13.6. The normalized spacial score (nSPS) is 11.0. The zero-order valence-electron chi connectivity index (χ0n) is 13.6. The second kappa shape index (κ2) is 9.40. The summed E-state index contributed by atoms with van der Waals surface area (Å²) in [6, 6.07) is 8.86. The first-order valence-electron chi connectivity index (χ1n) is 7.72. The summed E-state index contributed by atoms with van der Waals surface area (Å²) in [7, 11) is 0. The predicted molar refractivity (Wildman–Crippen MR) is 87.4 cm³/mol. The van der Waals surface area contributed by atoms with Crippen molar-refractivity contribution in [1.29, 1.82) is 0 Å². The topological polar surface area (TPSA) is 50.4 Å². The maximum absolute atomic E-state index is 11.6. The van der Waals surface area contributed by atoms with Gasteiger partial charge in [0.2, 0.25) is 0 Å². The van der Waals surface area contributed by atoms with Crippen LogP contribution in [0.5, 0.6) is 0 Å². The molecule has 1 aromatic rings. The van der Waals surface area contributed by atoms with Gasteiger partial charge in [0.15, 0.2) is 0 Å². The van der Waals surface area contributed by atoms with Crippen molar-refractivity contribution in [3.05, 3.63) is 29.8 Å². The molecular weight excluding hydrogens is 264 g/mol. The molecule has 4 heteroatoms. The van der Waals surface area contributed by atoms with Gasteiger partial charge in [0.25, 0.3) is 0 Å². The highest BCUT2D eigenvalue weighted by Crippen LogP contribution is 2.11. The lowest BCUT2D eigenvalue weighted by Gasteiger charge is -2.11. The number of carbonyl (C=O) groups excluding carboxylic acids is 1. The van der Waals surface area contributed by atoms with Crippen molar-refractivity contribution >= 4 is 11.7 Å². The molecule has 21 heavy (non-hydrogen) atoms. The van der Waals surface area contributed by atoms with Crippen LogP contribution in [0.4, 0.5) is 5.69 Å². The van der Waals surface area contributed by atoms with Gasteiger partial charge < -0.3 is 15.4 Å². The molecule has 1 rings (SSSR count). The number of carbonyl (C=O) groups is 1. The van der Waals surface area contributed by atoms with Crippen LogP contribution >= 0.6 is 0 Å². The Labute approximate surface area is 128 Å². The maximum Gasteiger partial charge on any atom is 0.306 e. The van der Waals surface area contributed by atoms with Crippen molar-refractivity contribution < 1.29 is 9.53 Å². The first-order valence-corrected chi connectivity index (χ1v) is 7.72. The molecule has 0 spiro atoms. The second-order valence-corrected chi connectivity index (χ2v) is 5.87. The predicted octanol–water partition coefficient (Wildman–Crippen LogP) is 3.33. The highest BCUT2D eigenvalue weighted by molar-refractivity contribution is 5.69. The van der Waals surface area contributed by atoms with E-state index in [4.69, 9.17) is 4.74 Å². The first kappa shape index (κ1) is 17.5. The number of hydrogen-bond acceptors (Lipinski definition) is 4. The Morgan fingerprint density at radius 1 is 1.10 bits per heavy atom. The van der Waals surface area contributed by atoms with Gasteiger partial charge in [0, 0.05) is 24.2 Å². The Balaban J connectivity index is 2.23. The van der Waals surface area contributed by atoms with Crippen molar-refractivity contribution in [2.24, 2.45) is 0 Å². The summed E-state index contributed by atoms with van der Waals surface area (Å²) in [5.41, 5.74) is 2.10. The summed E-state index contributed by atoms with van der Waals surface area (Å²) in [4.78, 5) is 11.6. The monoisotopic (exact) mass is 292 g/mol. The SMILES string of the molecule is CC(C)NCCCC(=O)OCc1ccc(NC(C)C)cc1. The molecule has 1 aromatic carbocycles. The molecule has 0 aromatic heterocycles. The number of nitrogens with one attached hydrogen (secondary N) is 2. The first-order chi connectivity index (χ1) is 9.97. The minimum absolute atomic E-state index is 0.134. The highest BCUT2D eigenvalue weighted by atomic mass is 16.5. The molecule has 0 saturated carbocycles. The Morgan fingerprint density at radius 2 is 1.76 bits per heavy atom. The van der Waals surface area contributed by atoms with E-state index < -0.39 is 0 Å². The second-order valence-electron chi connectivity index (χ2n) is 5.87. The van der Waals surface area contributed by atoms with E-state index in [2.05, 4.69) is 38.3 Å². The molecule has 0 heterocycles. The van der Waals surface area contributed by atoms with Gasteiger partial charge in [-0.1, -0.05) is 26.0 Å². The van der Waals surface area contributed by atoms with Crippen LogP contribution in [0.2, 0.25) is 0 Å². The number of anilines is 1. The summed E-state index contributed by atoms with van der Waals surface area (Å²) < 4.78 is 5.27. The average molecular weight is 292 g/mol. The number of rotatable bonds is 9. The van der Waals surface area contributed by atoms with Gasteiger partial charge in [-0.15, -0.1) is 0 Å². The molecule has 0 atom stereocenters. The third kappa shape index (κ3) is 8.35. The summed E-state index contributed by atoms with van der Waals surface area (Å²) in [5, 5.41) is 6.61. The third-order valence-corrected chi connectivity index (χ3v) is 2.92. The van der Waals surface area contributed by atoms with Crippen LogP contribution in [0.1, 0.15) is 46.1 Å². The lowest BCUT2D eigenvalue weighted by molar-refractivity contribution is -0.145. The molecule has 118 valence electrons. The van der Waals surface area contributed by atoms with Crippen LogP contribution in [0.25, 0.3) is 0 Å². The number of ether oxygens (including phenoxy) is 1. The Bertz CT molecular complexity index is 413. The molecule has 4 nitrogen and oxygen atoms in total. The quantitative estimate of drug-likeness (QED) is 0.541. The summed E-state index contributed by atoms with van der Waals surface area (Å²) in [5.74, 6) is -0.134. The average Bonchev–Trinajstić information content (AvgIpc) is 2.42. The van der Waals surface area contributed by atoms with Crippen molar-refractivity contribution in [3.8, 4) is 0 Å².